The summed E-state index contributed by atoms with van der Waals surface area (Å²) in [5.74, 6) is 1.23. The number of anilines is 1. The highest BCUT2D eigenvalue weighted by Crippen LogP contribution is 2.27. The molecule has 29 heavy (non-hydrogen) atoms. The molecule has 0 aliphatic heterocycles. The summed E-state index contributed by atoms with van der Waals surface area (Å²) in [6, 6.07) is 15.2. The molecule has 1 heterocycles. The van der Waals surface area contributed by atoms with Crippen molar-refractivity contribution in [3.05, 3.63) is 58.4 Å². The Hall–Kier alpha value is -2.38. The molecular formula is C22H23BrN2O3S. The molecule has 0 aliphatic carbocycles. The first-order valence-electron chi connectivity index (χ1n) is 9.47. The number of thiazole rings is 1. The van der Waals surface area contributed by atoms with Crippen molar-refractivity contribution in [2.45, 2.75) is 32.8 Å². The van der Waals surface area contributed by atoms with Gasteiger partial charge in [0.1, 0.15) is 11.5 Å². The molecule has 0 aliphatic rings. The molecular weight excluding hydrogens is 452 g/mol. The average molecular weight is 475 g/mol. The van der Waals surface area contributed by atoms with Crippen LogP contribution in [-0.2, 0) is 4.79 Å². The van der Waals surface area contributed by atoms with Gasteiger partial charge in [-0.25, -0.2) is 4.98 Å². The third-order valence-corrected chi connectivity index (χ3v) is 5.38. The van der Waals surface area contributed by atoms with E-state index in [1.165, 1.54) is 11.3 Å². The lowest BCUT2D eigenvalue weighted by molar-refractivity contribution is -0.122. The summed E-state index contributed by atoms with van der Waals surface area (Å²) in [7, 11) is 0. The van der Waals surface area contributed by atoms with Gasteiger partial charge in [-0.1, -0.05) is 35.3 Å². The Morgan fingerprint density at radius 3 is 2.72 bits per heavy atom. The van der Waals surface area contributed by atoms with Crippen molar-refractivity contribution in [3.63, 3.8) is 0 Å². The van der Waals surface area contributed by atoms with Crippen LogP contribution in [0, 0.1) is 0 Å². The van der Waals surface area contributed by atoms with E-state index in [2.05, 4.69) is 33.2 Å². The minimum Gasteiger partial charge on any atom is -0.494 e. The predicted molar refractivity (Wildman–Crippen MR) is 121 cm³/mol. The van der Waals surface area contributed by atoms with Crippen LogP contribution >= 0.6 is 27.3 Å². The van der Waals surface area contributed by atoms with Crippen molar-refractivity contribution in [2.24, 2.45) is 0 Å². The van der Waals surface area contributed by atoms with E-state index in [9.17, 15) is 4.79 Å². The Balaban J connectivity index is 1.57. The van der Waals surface area contributed by atoms with Crippen molar-refractivity contribution < 1.29 is 14.3 Å². The van der Waals surface area contributed by atoms with Gasteiger partial charge < -0.3 is 9.47 Å². The molecule has 5 nitrogen and oxygen atoms in total. The van der Waals surface area contributed by atoms with Crippen molar-refractivity contribution in [3.8, 4) is 22.8 Å². The highest BCUT2D eigenvalue weighted by molar-refractivity contribution is 9.10. The zero-order chi connectivity index (χ0) is 20.6. The molecule has 1 aromatic heterocycles. The minimum absolute atomic E-state index is 0.245. The molecule has 1 amide bonds. The molecule has 7 heteroatoms. The number of hydrogen-bond donors (Lipinski definition) is 1. The van der Waals surface area contributed by atoms with Gasteiger partial charge in [0, 0.05) is 15.4 Å². The van der Waals surface area contributed by atoms with E-state index < -0.39 is 6.10 Å². The first-order chi connectivity index (χ1) is 14.0. The van der Waals surface area contributed by atoms with Gasteiger partial charge in [0.15, 0.2) is 11.2 Å². The van der Waals surface area contributed by atoms with Crippen LogP contribution in [0.15, 0.2) is 58.4 Å². The summed E-state index contributed by atoms with van der Waals surface area (Å²) in [6.45, 7) is 4.57. The standard InChI is InChI=1S/C22H23BrN2O3S/c1-3-4-12-27-18-10-8-16(9-11-18)20-14-29-22(24-20)25-21(26)15(2)28-19-7-5-6-17(23)13-19/h5-11,13-15H,3-4,12H2,1-2H3,(H,24,25,26). The molecule has 1 atom stereocenters. The van der Waals surface area contributed by atoms with Crippen molar-refractivity contribution in [1.29, 1.82) is 0 Å². The van der Waals surface area contributed by atoms with Gasteiger partial charge in [-0.15, -0.1) is 11.3 Å². The Labute approximate surface area is 183 Å². The molecule has 3 aromatic rings. The predicted octanol–water partition coefficient (Wildman–Crippen LogP) is 6.16. The van der Waals surface area contributed by atoms with E-state index >= 15 is 0 Å². The van der Waals surface area contributed by atoms with E-state index in [4.69, 9.17) is 9.47 Å². The lowest BCUT2D eigenvalue weighted by atomic mass is 10.2. The molecule has 152 valence electrons. The van der Waals surface area contributed by atoms with Gasteiger partial charge in [-0.05, 0) is 55.8 Å². The van der Waals surface area contributed by atoms with E-state index in [0.717, 1.165) is 40.9 Å². The third kappa shape index (κ3) is 6.30. The monoisotopic (exact) mass is 474 g/mol. The molecule has 0 spiro atoms. The van der Waals surface area contributed by atoms with E-state index in [1.807, 2.05) is 53.9 Å². The zero-order valence-corrected chi connectivity index (χ0v) is 18.8. The van der Waals surface area contributed by atoms with Gasteiger partial charge in [-0.3, -0.25) is 10.1 Å². The van der Waals surface area contributed by atoms with E-state index in [1.54, 1.807) is 6.92 Å². The topological polar surface area (TPSA) is 60.5 Å². The number of amides is 1. The van der Waals surface area contributed by atoms with E-state index in [-0.39, 0.29) is 5.91 Å². The van der Waals surface area contributed by atoms with Gasteiger partial charge in [0.2, 0.25) is 0 Å². The van der Waals surface area contributed by atoms with Crippen LogP contribution in [0.25, 0.3) is 11.3 Å². The zero-order valence-electron chi connectivity index (χ0n) is 16.4. The van der Waals surface area contributed by atoms with Crippen LogP contribution in [0.2, 0.25) is 0 Å². The second kappa shape index (κ2) is 10.4. The van der Waals surface area contributed by atoms with Crippen molar-refractivity contribution in [2.75, 3.05) is 11.9 Å². The van der Waals surface area contributed by atoms with Gasteiger partial charge in [-0.2, -0.15) is 0 Å². The second-order valence-electron chi connectivity index (χ2n) is 6.47. The summed E-state index contributed by atoms with van der Waals surface area (Å²) in [5.41, 5.74) is 1.79. The molecule has 3 rings (SSSR count). The van der Waals surface area contributed by atoms with Crippen LogP contribution in [0.4, 0.5) is 5.13 Å². The summed E-state index contributed by atoms with van der Waals surface area (Å²) < 4.78 is 12.3. The third-order valence-electron chi connectivity index (χ3n) is 4.13. The molecule has 0 saturated heterocycles. The molecule has 1 N–H and O–H groups in total. The van der Waals surface area contributed by atoms with Crippen molar-refractivity contribution >= 4 is 38.3 Å². The van der Waals surface area contributed by atoms with Gasteiger partial charge >= 0.3 is 0 Å². The number of ether oxygens (including phenoxy) is 2. The lowest BCUT2D eigenvalue weighted by Gasteiger charge is -2.13. The second-order valence-corrected chi connectivity index (χ2v) is 8.24. The maximum Gasteiger partial charge on any atom is 0.266 e. The van der Waals surface area contributed by atoms with Crippen LogP contribution in [0.5, 0.6) is 11.5 Å². The normalized spacial score (nSPS) is 11.7. The van der Waals surface area contributed by atoms with Crippen molar-refractivity contribution in [1.82, 2.24) is 4.98 Å². The first-order valence-corrected chi connectivity index (χ1v) is 11.1. The highest BCUT2D eigenvalue weighted by Gasteiger charge is 2.17. The molecule has 0 radical (unpaired) electrons. The summed E-state index contributed by atoms with van der Waals surface area (Å²) in [6.07, 6.45) is 1.51. The van der Waals surface area contributed by atoms with E-state index in [0.29, 0.717) is 10.9 Å². The summed E-state index contributed by atoms with van der Waals surface area (Å²) in [4.78, 5) is 16.9. The number of rotatable bonds is 9. The number of benzene rings is 2. The molecule has 0 fully saturated rings. The quantitative estimate of drug-likeness (QED) is 0.377. The Kier molecular flexibility index (Phi) is 7.66. The SMILES string of the molecule is CCCCOc1ccc(-c2csc(NC(=O)C(C)Oc3cccc(Br)c3)n2)cc1. The number of aromatic nitrogens is 1. The van der Waals surface area contributed by atoms with Crippen LogP contribution < -0.4 is 14.8 Å². The lowest BCUT2D eigenvalue weighted by Crippen LogP contribution is -2.30. The molecule has 2 aromatic carbocycles. The average Bonchev–Trinajstić information content (AvgIpc) is 3.17. The fourth-order valence-corrected chi connectivity index (χ4v) is 3.63. The molecule has 1 unspecified atom stereocenters. The number of halogens is 1. The minimum atomic E-state index is -0.642. The largest absolute Gasteiger partial charge is 0.494 e. The number of nitrogens with zero attached hydrogens (tertiary/aromatic N) is 1. The number of hydrogen-bond acceptors (Lipinski definition) is 5. The first kappa shape index (κ1) is 21.3. The van der Waals surface area contributed by atoms with Gasteiger partial charge in [0.05, 0.1) is 12.3 Å². The number of carbonyl (C=O) groups is 1. The smallest absolute Gasteiger partial charge is 0.266 e. The molecule has 0 saturated carbocycles. The number of unbranched alkanes of at least 4 members (excludes halogenated alkanes) is 1. The fraction of sp³-hybridized carbons (Fsp3) is 0.273. The Morgan fingerprint density at radius 1 is 1.21 bits per heavy atom. The maximum atomic E-state index is 12.4. The van der Waals surface area contributed by atoms with Crippen LogP contribution in [0.3, 0.4) is 0 Å². The Morgan fingerprint density at radius 2 is 2.00 bits per heavy atom. The maximum absolute atomic E-state index is 12.4. The molecule has 0 bridgehead atoms. The highest BCUT2D eigenvalue weighted by atomic mass is 79.9. The van der Waals surface area contributed by atoms with Crippen LogP contribution in [0.1, 0.15) is 26.7 Å². The number of nitrogens with one attached hydrogen (secondary N) is 1. The Bertz CT molecular complexity index is 943. The van der Waals surface area contributed by atoms with Gasteiger partial charge in [0.25, 0.3) is 5.91 Å². The fourth-order valence-electron chi connectivity index (χ4n) is 2.52. The van der Waals surface area contributed by atoms with Crippen LogP contribution in [-0.4, -0.2) is 23.6 Å². The number of carbonyl (C=O) groups excluding carboxylic acids is 1. The summed E-state index contributed by atoms with van der Waals surface area (Å²) >= 11 is 4.77. The summed E-state index contributed by atoms with van der Waals surface area (Å²) in [5, 5.41) is 5.28.